The zero-order chi connectivity index (χ0) is 29.4. The summed E-state index contributed by atoms with van der Waals surface area (Å²) >= 11 is 0. The van der Waals surface area contributed by atoms with Crippen LogP contribution in [0.5, 0.6) is 11.5 Å². The van der Waals surface area contributed by atoms with Crippen LogP contribution in [0.3, 0.4) is 0 Å². The second kappa shape index (κ2) is 13.1. The maximum atomic E-state index is 14.4. The SMILES string of the molecule is CCC(C)(C)NC(=O)[C@H](c1cccc(OC)c1OC)N(C(=O)CCC(=O)Nc1cc(C)on1)c1cccc(F)c1. The minimum atomic E-state index is -1.29. The van der Waals surface area contributed by atoms with E-state index in [1.165, 1.54) is 37.3 Å². The van der Waals surface area contributed by atoms with E-state index in [-0.39, 0.29) is 30.1 Å². The number of aryl methyl sites for hydroxylation is 1. The maximum Gasteiger partial charge on any atom is 0.248 e. The molecule has 40 heavy (non-hydrogen) atoms. The maximum absolute atomic E-state index is 14.4. The lowest BCUT2D eigenvalue weighted by atomic mass is 9.97. The molecule has 2 N–H and O–H groups in total. The lowest BCUT2D eigenvalue weighted by Gasteiger charge is -2.35. The molecule has 0 aliphatic carbocycles. The highest BCUT2D eigenvalue weighted by molar-refractivity contribution is 6.03. The van der Waals surface area contributed by atoms with Gasteiger partial charge in [0.25, 0.3) is 0 Å². The fourth-order valence-corrected chi connectivity index (χ4v) is 4.05. The van der Waals surface area contributed by atoms with Crippen molar-refractivity contribution in [2.45, 2.75) is 58.5 Å². The summed E-state index contributed by atoms with van der Waals surface area (Å²) in [6, 6.07) is 10.6. The first-order valence-electron chi connectivity index (χ1n) is 12.8. The third kappa shape index (κ3) is 7.37. The molecule has 10 nitrogen and oxygen atoms in total. The van der Waals surface area contributed by atoms with Crippen LogP contribution in [0.1, 0.15) is 57.4 Å². The molecule has 0 saturated heterocycles. The van der Waals surface area contributed by atoms with E-state index in [0.717, 1.165) is 6.07 Å². The van der Waals surface area contributed by atoms with Crippen LogP contribution in [-0.4, -0.2) is 42.6 Å². The fraction of sp³-hybridized carbons (Fsp3) is 0.379. The van der Waals surface area contributed by atoms with Gasteiger partial charge in [-0.2, -0.15) is 0 Å². The Bertz CT molecular complexity index is 1360. The summed E-state index contributed by atoms with van der Waals surface area (Å²) < 4.78 is 30.5. The number of hydrogen-bond donors (Lipinski definition) is 2. The number of halogens is 1. The second-order valence-corrected chi connectivity index (χ2v) is 9.83. The molecule has 0 aliphatic heterocycles. The number of carbonyl (C=O) groups excluding carboxylic acids is 3. The third-order valence-electron chi connectivity index (χ3n) is 6.40. The fourth-order valence-electron chi connectivity index (χ4n) is 4.05. The Morgan fingerprint density at radius 1 is 1.07 bits per heavy atom. The normalized spacial score (nSPS) is 11.9. The van der Waals surface area contributed by atoms with Crippen LogP contribution >= 0.6 is 0 Å². The van der Waals surface area contributed by atoms with Crippen molar-refractivity contribution in [3.8, 4) is 11.5 Å². The van der Waals surface area contributed by atoms with Gasteiger partial charge < -0.3 is 24.6 Å². The number of ether oxygens (including phenoxy) is 2. The first kappa shape index (κ1) is 30.1. The van der Waals surface area contributed by atoms with Crippen LogP contribution < -0.4 is 25.0 Å². The topological polar surface area (TPSA) is 123 Å². The van der Waals surface area contributed by atoms with E-state index in [0.29, 0.717) is 23.5 Å². The Balaban J connectivity index is 2.07. The van der Waals surface area contributed by atoms with E-state index in [1.54, 1.807) is 31.2 Å². The van der Waals surface area contributed by atoms with Crippen LogP contribution in [0, 0.1) is 12.7 Å². The molecule has 1 aromatic heterocycles. The van der Waals surface area contributed by atoms with Gasteiger partial charge in [-0.1, -0.05) is 30.3 Å². The van der Waals surface area contributed by atoms with E-state index < -0.39 is 35.1 Å². The summed E-state index contributed by atoms with van der Waals surface area (Å²) in [6.07, 6.45) is 0.101. The van der Waals surface area contributed by atoms with Gasteiger partial charge in [0.1, 0.15) is 17.6 Å². The second-order valence-electron chi connectivity index (χ2n) is 9.83. The standard InChI is InChI=1S/C29H35FN4O6/c1-7-29(3,4)32-28(37)26(21-12-9-13-22(38-5)27(21)39-6)34(20-11-8-10-19(30)17-20)25(36)15-14-24(35)31-23-16-18(2)40-33-23/h8-13,16-17,26H,7,14-15H2,1-6H3,(H,32,37)(H,31,33,35)/t26-/m0/s1. The van der Waals surface area contributed by atoms with E-state index in [4.69, 9.17) is 14.0 Å². The average molecular weight is 555 g/mol. The van der Waals surface area contributed by atoms with Crippen molar-refractivity contribution >= 4 is 29.2 Å². The Hall–Kier alpha value is -4.41. The van der Waals surface area contributed by atoms with Gasteiger partial charge in [0.2, 0.25) is 17.7 Å². The summed E-state index contributed by atoms with van der Waals surface area (Å²) in [5.74, 6) is -0.853. The van der Waals surface area contributed by atoms with Gasteiger partial charge in [-0.25, -0.2) is 4.39 Å². The number of nitrogens with one attached hydrogen (secondary N) is 2. The third-order valence-corrected chi connectivity index (χ3v) is 6.40. The molecule has 3 aromatic rings. The van der Waals surface area contributed by atoms with Crippen molar-refractivity contribution < 1.29 is 32.8 Å². The highest BCUT2D eigenvalue weighted by atomic mass is 19.1. The minimum absolute atomic E-state index is 0.136. The van der Waals surface area contributed by atoms with Gasteiger partial charge >= 0.3 is 0 Å². The van der Waals surface area contributed by atoms with E-state index in [2.05, 4.69) is 15.8 Å². The Labute approximate surface area is 232 Å². The van der Waals surface area contributed by atoms with Crippen molar-refractivity contribution in [3.05, 3.63) is 65.7 Å². The molecule has 0 aliphatic rings. The number of aromatic nitrogens is 1. The molecule has 11 heteroatoms. The summed E-state index contributed by atoms with van der Waals surface area (Å²) in [6.45, 7) is 7.32. The molecule has 1 atom stereocenters. The van der Waals surface area contributed by atoms with E-state index >= 15 is 0 Å². The van der Waals surface area contributed by atoms with Gasteiger partial charge in [-0.3, -0.25) is 19.3 Å². The van der Waals surface area contributed by atoms with Gasteiger partial charge in [0.05, 0.1) is 14.2 Å². The van der Waals surface area contributed by atoms with Crippen molar-refractivity contribution in [3.63, 3.8) is 0 Å². The molecule has 0 unspecified atom stereocenters. The number of carbonyl (C=O) groups is 3. The summed E-state index contributed by atoms with van der Waals surface area (Å²) in [7, 11) is 2.89. The molecule has 0 fully saturated rings. The van der Waals surface area contributed by atoms with Crippen molar-refractivity contribution in [2.75, 3.05) is 24.4 Å². The quantitative estimate of drug-likeness (QED) is 0.325. The number of rotatable bonds is 12. The number of methoxy groups -OCH3 is 2. The zero-order valence-electron chi connectivity index (χ0n) is 23.5. The first-order chi connectivity index (χ1) is 19.0. The van der Waals surface area contributed by atoms with Crippen LogP contribution in [0.25, 0.3) is 0 Å². The van der Waals surface area contributed by atoms with E-state index in [1.807, 2.05) is 20.8 Å². The number of amides is 3. The summed E-state index contributed by atoms with van der Waals surface area (Å²) in [5, 5.41) is 9.28. The number of hydrogen-bond acceptors (Lipinski definition) is 7. The highest BCUT2D eigenvalue weighted by Crippen LogP contribution is 2.39. The molecule has 0 radical (unpaired) electrons. The molecule has 2 aromatic carbocycles. The minimum Gasteiger partial charge on any atom is -0.493 e. The molecule has 0 saturated carbocycles. The Morgan fingerprint density at radius 2 is 1.80 bits per heavy atom. The molecular weight excluding hydrogens is 519 g/mol. The predicted octanol–water partition coefficient (Wildman–Crippen LogP) is 4.94. The first-order valence-corrected chi connectivity index (χ1v) is 12.8. The highest BCUT2D eigenvalue weighted by Gasteiger charge is 2.37. The van der Waals surface area contributed by atoms with Crippen LogP contribution in [-0.2, 0) is 14.4 Å². The lowest BCUT2D eigenvalue weighted by molar-refractivity contribution is -0.128. The van der Waals surface area contributed by atoms with Crippen LogP contribution in [0.4, 0.5) is 15.9 Å². The lowest BCUT2D eigenvalue weighted by Crippen LogP contribution is -2.50. The molecule has 0 spiro atoms. The van der Waals surface area contributed by atoms with Crippen molar-refractivity contribution in [2.24, 2.45) is 0 Å². The Morgan fingerprint density at radius 3 is 2.40 bits per heavy atom. The van der Waals surface area contributed by atoms with E-state index in [9.17, 15) is 18.8 Å². The smallest absolute Gasteiger partial charge is 0.248 e. The van der Waals surface area contributed by atoms with Crippen molar-refractivity contribution in [1.29, 1.82) is 0 Å². The largest absolute Gasteiger partial charge is 0.493 e. The molecular formula is C29H35FN4O6. The number of para-hydroxylation sites is 1. The zero-order valence-corrected chi connectivity index (χ0v) is 23.5. The predicted molar refractivity (Wildman–Crippen MR) is 148 cm³/mol. The number of benzene rings is 2. The molecule has 0 bridgehead atoms. The van der Waals surface area contributed by atoms with Gasteiger partial charge in [-0.15, -0.1) is 0 Å². The molecule has 3 rings (SSSR count). The molecule has 3 amide bonds. The molecule has 1 heterocycles. The summed E-state index contributed by atoms with van der Waals surface area (Å²) in [4.78, 5) is 41.6. The monoisotopic (exact) mass is 554 g/mol. The van der Waals surface area contributed by atoms with Gasteiger partial charge in [-0.05, 0) is 51.5 Å². The van der Waals surface area contributed by atoms with Crippen molar-refractivity contribution in [1.82, 2.24) is 10.5 Å². The summed E-state index contributed by atoms with van der Waals surface area (Å²) in [5.41, 5.74) is -0.156. The number of anilines is 2. The van der Waals surface area contributed by atoms with Gasteiger partial charge in [0.15, 0.2) is 17.3 Å². The van der Waals surface area contributed by atoms with Crippen LogP contribution in [0.15, 0.2) is 53.1 Å². The number of nitrogens with zero attached hydrogens (tertiary/aromatic N) is 2. The Kier molecular flexibility index (Phi) is 9.87. The molecule has 214 valence electrons. The van der Waals surface area contributed by atoms with Crippen LogP contribution in [0.2, 0.25) is 0 Å². The average Bonchev–Trinajstić information content (AvgIpc) is 3.33. The van der Waals surface area contributed by atoms with Gasteiger partial charge in [0, 0.05) is 35.7 Å².